The molecule has 4 aliphatic carbocycles. The lowest BCUT2D eigenvalue weighted by atomic mass is 9.36. The Balaban J connectivity index is 1.24. The number of aliphatic hydroxyl groups excluding tert-OH is 9. The average Bonchev–Trinajstić information content (AvgIpc) is 3.27. The van der Waals surface area contributed by atoms with E-state index in [9.17, 15) is 70.6 Å². The number of ether oxygens (including phenoxy) is 6. The van der Waals surface area contributed by atoms with E-state index in [2.05, 4.69) is 47.6 Å². The van der Waals surface area contributed by atoms with Crippen molar-refractivity contribution in [2.75, 3.05) is 6.61 Å². The molecule has 3 saturated carbocycles. The van der Waals surface area contributed by atoms with Crippen molar-refractivity contribution >= 4 is 18.2 Å². The predicted octanol–water partition coefficient (Wildman–Crippen LogP) is 0.612. The Morgan fingerprint density at radius 3 is 1.93 bits per heavy atom. The molecule has 0 spiro atoms. The summed E-state index contributed by atoms with van der Waals surface area (Å²) in [5.41, 5.74) is -3.24. The van der Waals surface area contributed by atoms with Gasteiger partial charge in [-0.1, -0.05) is 60.1 Å². The van der Waals surface area contributed by atoms with Crippen LogP contribution < -0.4 is 0 Å². The van der Waals surface area contributed by atoms with Gasteiger partial charge < -0.3 is 89.4 Å². The topological polar surface area (TPSA) is 329 Å². The standard InChI is InChI=1S/C49H78O20/c1-21-29(53)31(55)33(57)40(64-21)67-36-35(59)37(39(60)61)68-42(38(36)69-41-34(58)32(56)30(54)25(19-50)65-41)66-28-13-14-46(7)26(47(28,8)20-51)12-15-48(9)27(46)11-10-23(45(48,5)6)24-18-44(3,4)16-17-49(24,22(2)52)43(62)63/h10,20-22,24-38,40-42,50,52-59H,11-19H2,1-9H3,(H,60,61)(H,62,63)/t21-,22?,24?,25?,26+,27?,28-,29-,30-,31?,32-,33?,34?,35-,36-,37?,38?,40?,41-,42+,46?,47+,48?,49-/m0/s1. The van der Waals surface area contributed by atoms with Gasteiger partial charge in [0.15, 0.2) is 25.0 Å². The number of aliphatic carboxylic acids is 2. The van der Waals surface area contributed by atoms with Crippen LogP contribution in [0, 0.1) is 50.2 Å². The maximum atomic E-state index is 13.9. The molecule has 0 aromatic heterocycles. The monoisotopic (exact) mass is 987 g/mol. The molecule has 3 heterocycles. The van der Waals surface area contributed by atoms with Gasteiger partial charge in [-0.05, 0) is 105 Å². The Kier molecular flexibility index (Phi) is 15.2. The molecule has 0 radical (unpaired) electrons. The van der Waals surface area contributed by atoms with Gasteiger partial charge in [0.05, 0.1) is 35.7 Å². The van der Waals surface area contributed by atoms with Gasteiger partial charge >= 0.3 is 11.9 Å². The second-order valence-electron chi connectivity index (χ2n) is 23.5. The zero-order chi connectivity index (χ0) is 51.3. The fraction of sp³-hybridized carbons (Fsp3) is 0.898. The molecule has 0 bridgehead atoms. The minimum atomic E-state index is -2.15. The maximum Gasteiger partial charge on any atom is 0.335 e. The number of carboxylic acid groups (broad SMARTS) is 2. The Hall–Kier alpha value is -2.25. The fourth-order valence-corrected chi connectivity index (χ4v) is 14.4. The molecule has 394 valence electrons. The van der Waals surface area contributed by atoms with Crippen molar-refractivity contribution in [2.24, 2.45) is 50.2 Å². The smallest absolute Gasteiger partial charge is 0.335 e. The predicted molar refractivity (Wildman–Crippen MR) is 238 cm³/mol. The third kappa shape index (κ3) is 8.75. The van der Waals surface area contributed by atoms with Gasteiger partial charge in [0, 0.05) is 0 Å². The van der Waals surface area contributed by atoms with Crippen LogP contribution in [0.25, 0.3) is 0 Å². The molecule has 6 fully saturated rings. The quantitative estimate of drug-likeness (QED) is 0.0725. The average molecular weight is 987 g/mol. The number of fused-ring (bicyclic) bond motifs is 3. The van der Waals surface area contributed by atoms with Gasteiger partial charge in [-0.15, -0.1) is 0 Å². The molecule has 3 aliphatic heterocycles. The van der Waals surface area contributed by atoms with Crippen LogP contribution in [-0.2, 0) is 42.8 Å². The molecule has 20 nitrogen and oxygen atoms in total. The minimum Gasteiger partial charge on any atom is -0.481 e. The third-order valence-corrected chi connectivity index (χ3v) is 19.1. The Labute approximate surface area is 402 Å². The molecule has 69 heavy (non-hydrogen) atoms. The first-order chi connectivity index (χ1) is 32.0. The zero-order valence-corrected chi connectivity index (χ0v) is 41.2. The van der Waals surface area contributed by atoms with E-state index < -0.39 is 156 Å². The van der Waals surface area contributed by atoms with E-state index >= 15 is 0 Å². The van der Waals surface area contributed by atoms with Gasteiger partial charge in [0.1, 0.15) is 67.3 Å². The van der Waals surface area contributed by atoms with Crippen molar-refractivity contribution in [2.45, 2.75) is 218 Å². The summed E-state index contributed by atoms with van der Waals surface area (Å²) in [5, 5.41) is 119. The van der Waals surface area contributed by atoms with Crippen LogP contribution in [0.4, 0.5) is 0 Å². The number of carboxylic acids is 2. The van der Waals surface area contributed by atoms with Crippen LogP contribution >= 0.6 is 0 Å². The second kappa shape index (κ2) is 19.2. The van der Waals surface area contributed by atoms with Crippen molar-refractivity contribution in [3.05, 3.63) is 11.6 Å². The summed E-state index contributed by atoms with van der Waals surface area (Å²) >= 11 is 0. The van der Waals surface area contributed by atoms with Crippen LogP contribution in [0.5, 0.6) is 0 Å². The third-order valence-electron chi connectivity index (χ3n) is 19.1. The number of hydrogen-bond donors (Lipinski definition) is 11. The number of hydrogen-bond acceptors (Lipinski definition) is 18. The first-order valence-corrected chi connectivity index (χ1v) is 24.6. The number of allylic oxidation sites excluding steroid dienone is 2. The highest BCUT2D eigenvalue weighted by Gasteiger charge is 2.69. The fourth-order valence-electron chi connectivity index (χ4n) is 14.4. The van der Waals surface area contributed by atoms with Gasteiger partial charge in [-0.25, -0.2) is 4.79 Å². The SMILES string of the molecule is CC(O)[C@@]1(C(=O)O)CCC(C)(C)CC1C1=CCC2C3(C)CC[C@H](O[C@@H]4OC(C(=O)O)[C@@H](O)[C@H](OC5O[C@@H](C)[C@H](O)C(O)C5O)C4O[C@@H]4OC(CO)[C@H](O)[C@H](O)C4O)[C@](C)(C=O)[C@@H]3CCC2(C)C1(C)C. The zero-order valence-electron chi connectivity index (χ0n) is 41.2. The molecular formula is C49H78O20. The molecular weight excluding hydrogens is 909 g/mol. The number of rotatable bonds is 12. The molecule has 3 saturated heterocycles. The van der Waals surface area contributed by atoms with E-state index in [4.69, 9.17) is 28.4 Å². The van der Waals surface area contributed by atoms with Gasteiger partial charge in [-0.3, -0.25) is 4.79 Å². The van der Waals surface area contributed by atoms with Crippen LogP contribution in [-0.4, -0.2) is 185 Å². The van der Waals surface area contributed by atoms with Crippen molar-refractivity contribution < 1.29 is 99.0 Å². The van der Waals surface area contributed by atoms with Crippen LogP contribution in [0.15, 0.2) is 11.6 Å². The van der Waals surface area contributed by atoms with Gasteiger partial charge in [0.2, 0.25) is 0 Å². The van der Waals surface area contributed by atoms with Gasteiger partial charge in [-0.2, -0.15) is 0 Å². The van der Waals surface area contributed by atoms with Crippen molar-refractivity contribution in [1.29, 1.82) is 0 Å². The van der Waals surface area contributed by atoms with E-state index in [0.29, 0.717) is 44.9 Å². The Morgan fingerprint density at radius 1 is 0.739 bits per heavy atom. The number of carbonyl (C=O) groups excluding carboxylic acids is 1. The lowest BCUT2D eigenvalue weighted by molar-refractivity contribution is -0.394. The van der Waals surface area contributed by atoms with E-state index in [0.717, 1.165) is 11.9 Å². The van der Waals surface area contributed by atoms with E-state index in [-0.39, 0.29) is 23.7 Å². The molecule has 11 N–H and O–H groups in total. The van der Waals surface area contributed by atoms with Crippen LogP contribution in [0.3, 0.4) is 0 Å². The number of aliphatic hydroxyl groups is 9. The van der Waals surface area contributed by atoms with E-state index in [1.165, 1.54) is 6.92 Å². The van der Waals surface area contributed by atoms with E-state index in [1.54, 1.807) is 13.8 Å². The van der Waals surface area contributed by atoms with Crippen LogP contribution in [0.1, 0.15) is 114 Å². The summed E-state index contributed by atoms with van der Waals surface area (Å²) in [4.78, 5) is 40.0. The van der Waals surface area contributed by atoms with Crippen molar-refractivity contribution in [3.63, 3.8) is 0 Å². The number of carbonyl (C=O) groups is 3. The molecule has 0 amide bonds. The summed E-state index contributed by atoms with van der Waals surface area (Å²) in [6.45, 7) is 17.0. The summed E-state index contributed by atoms with van der Waals surface area (Å²) < 4.78 is 36.2. The highest BCUT2D eigenvalue weighted by Crippen LogP contribution is 2.73. The molecule has 24 atom stereocenters. The van der Waals surface area contributed by atoms with Gasteiger partial charge in [0.25, 0.3) is 0 Å². The summed E-state index contributed by atoms with van der Waals surface area (Å²) in [6.07, 6.45) is -22.3. The highest BCUT2D eigenvalue weighted by molar-refractivity contribution is 5.77. The first-order valence-electron chi connectivity index (χ1n) is 24.6. The lowest BCUT2D eigenvalue weighted by Gasteiger charge is -2.69. The number of aldehydes is 1. The lowest BCUT2D eigenvalue weighted by Crippen LogP contribution is -2.68. The summed E-state index contributed by atoms with van der Waals surface area (Å²) in [6, 6.07) is 0. The maximum absolute atomic E-state index is 13.9. The van der Waals surface area contributed by atoms with Crippen molar-refractivity contribution in [3.8, 4) is 0 Å². The molecule has 7 aliphatic rings. The summed E-state index contributed by atoms with van der Waals surface area (Å²) in [5.74, 6) is -3.46. The molecule has 12 unspecified atom stereocenters. The second-order valence-corrected chi connectivity index (χ2v) is 23.5. The molecule has 0 aromatic carbocycles. The summed E-state index contributed by atoms with van der Waals surface area (Å²) in [7, 11) is 0. The largest absolute Gasteiger partial charge is 0.481 e. The first kappa shape index (κ1) is 54.5. The van der Waals surface area contributed by atoms with Crippen molar-refractivity contribution in [1.82, 2.24) is 0 Å². The minimum absolute atomic E-state index is 0.0131. The van der Waals surface area contributed by atoms with E-state index in [1.807, 2.05) is 0 Å². The van der Waals surface area contributed by atoms with Crippen LogP contribution in [0.2, 0.25) is 0 Å². The Morgan fingerprint density at radius 2 is 1.35 bits per heavy atom. The molecule has 20 heteroatoms. The molecule has 7 rings (SSSR count). The highest BCUT2D eigenvalue weighted by atomic mass is 16.8. The molecule has 0 aromatic rings. The normalized spacial score (nSPS) is 51.3. The Bertz CT molecular complexity index is 1930.